The van der Waals surface area contributed by atoms with Gasteiger partial charge in [-0.05, 0) is 25.2 Å². The fraction of sp³-hybridized carbons (Fsp3) is 0.846. The first-order chi connectivity index (χ1) is 8.99. The molecule has 1 heterocycles. The largest absolute Gasteiger partial charge is 0.481 e. The number of likely N-dealkylation sites (tertiary alicyclic amines) is 1. The maximum Gasteiger partial charge on any atom is 0.407 e. The third kappa shape index (κ3) is 3.37. The summed E-state index contributed by atoms with van der Waals surface area (Å²) in [5, 5.41) is 12.0. The van der Waals surface area contributed by atoms with Crippen LogP contribution >= 0.6 is 0 Å². The fourth-order valence-corrected chi connectivity index (χ4v) is 3.10. The van der Waals surface area contributed by atoms with E-state index in [1.54, 1.807) is 0 Å². The van der Waals surface area contributed by atoms with Gasteiger partial charge in [-0.2, -0.15) is 0 Å². The van der Waals surface area contributed by atoms with Crippen LogP contribution in [0.15, 0.2) is 0 Å². The number of nitrogens with one attached hydrogen (secondary N) is 1. The summed E-state index contributed by atoms with van der Waals surface area (Å²) in [4.78, 5) is 24.7. The van der Waals surface area contributed by atoms with E-state index in [0.29, 0.717) is 19.0 Å². The number of hydrogen-bond acceptors (Lipinski definition) is 4. The third-order valence-electron chi connectivity index (χ3n) is 4.20. The number of carboxylic acid groups (broad SMARTS) is 1. The molecular weight excluding hydrogens is 248 g/mol. The van der Waals surface area contributed by atoms with Crippen LogP contribution in [0, 0.1) is 11.8 Å². The van der Waals surface area contributed by atoms with E-state index in [9.17, 15) is 14.7 Å². The maximum atomic E-state index is 11.3. The van der Waals surface area contributed by atoms with Crippen molar-refractivity contribution < 1.29 is 19.4 Å². The minimum absolute atomic E-state index is 0.141. The van der Waals surface area contributed by atoms with Gasteiger partial charge in [-0.25, -0.2) is 4.79 Å². The predicted molar refractivity (Wildman–Crippen MR) is 68.8 cm³/mol. The van der Waals surface area contributed by atoms with Crippen molar-refractivity contribution in [1.29, 1.82) is 0 Å². The van der Waals surface area contributed by atoms with E-state index in [1.165, 1.54) is 7.11 Å². The van der Waals surface area contributed by atoms with E-state index in [1.807, 2.05) is 0 Å². The number of ether oxygens (including phenoxy) is 1. The molecule has 0 radical (unpaired) electrons. The van der Waals surface area contributed by atoms with Crippen LogP contribution in [0.25, 0.3) is 0 Å². The quantitative estimate of drug-likeness (QED) is 0.797. The normalized spacial score (nSPS) is 35.3. The number of carbonyl (C=O) groups is 2. The van der Waals surface area contributed by atoms with Crippen LogP contribution in [0.3, 0.4) is 0 Å². The first kappa shape index (κ1) is 14.1. The number of methoxy groups -OCH3 is 1. The van der Waals surface area contributed by atoms with Crippen molar-refractivity contribution in [2.24, 2.45) is 11.8 Å². The van der Waals surface area contributed by atoms with Gasteiger partial charge in [0.1, 0.15) is 0 Å². The molecule has 0 spiro atoms. The number of amides is 1. The molecule has 0 aromatic heterocycles. The first-order valence-corrected chi connectivity index (χ1v) is 6.81. The molecule has 1 aliphatic carbocycles. The van der Waals surface area contributed by atoms with Gasteiger partial charge >= 0.3 is 12.1 Å². The number of rotatable bonds is 3. The Morgan fingerprint density at radius 1 is 1.26 bits per heavy atom. The number of hydrogen-bond donors (Lipinski definition) is 2. The van der Waals surface area contributed by atoms with E-state index in [2.05, 4.69) is 21.9 Å². The number of carboxylic acids is 1. The van der Waals surface area contributed by atoms with Crippen molar-refractivity contribution in [3.63, 3.8) is 0 Å². The van der Waals surface area contributed by atoms with Gasteiger partial charge in [-0.3, -0.25) is 9.69 Å². The molecular formula is C13H22N2O4. The van der Waals surface area contributed by atoms with Crippen LogP contribution in [0.1, 0.15) is 26.2 Å². The molecule has 2 aliphatic rings. The molecule has 6 heteroatoms. The molecule has 2 fully saturated rings. The third-order valence-corrected chi connectivity index (χ3v) is 4.20. The lowest BCUT2D eigenvalue weighted by molar-refractivity contribution is -0.144. The minimum Gasteiger partial charge on any atom is -0.481 e. The van der Waals surface area contributed by atoms with Gasteiger partial charge in [0.05, 0.1) is 13.0 Å². The van der Waals surface area contributed by atoms with Crippen LogP contribution in [0.4, 0.5) is 4.79 Å². The van der Waals surface area contributed by atoms with E-state index in [0.717, 1.165) is 25.3 Å². The molecule has 0 aromatic carbocycles. The molecule has 1 saturated carbocycles. The zero-order valence-corrected chi connectivity index (χ0v) is 11.5. The molecule has 0 aromatic rings. The standard InChI is InChI=1S/C13H22N2O4/c1-8-3-11(4-8)15-6-9(12(16)17)5-10(7-15)14-13(18)19-2/h8-11H,3-7H2,1-2H3,(H,14,18)(H,16,17). The second kappa shape index (κ2) is 5.77. The average Bonchev–Trinajstić information content (AvgIpc) is 2.34. The van der Waals surface area contributed by atoms with Crippen molar-refractivity contribution in [3.05, 3.63) is 0 Å². The van der Waals surface area contributed by atoms with Gasteiger partial charge in [0, 0.05) is 25.2 Å². The van der Waals surface area contributed by atoms with Crippen molar-refractivity contribution in [2.45, 2.75) is 38.3 Å². The zero-order valence-electron chi connectivity index (χ0n) is 11.5. The molecule has 1 aliphatic heterocycles. The van der Waals surface area contributed by atoms with Gasteiger partial charge < -0.3 is 15.2 Å². The molecule has 2 unspecified atom stereocenters. The van der Waals surface area contributed by atoms with E-state index in [-0.39, 0.29) is 6.04 Å². The SMILES string of the molecule is COC(=O)NC1CC(C(=O)O)CN(C2CC(C)C2)C1. The maximum absolute atomic E-state index is 11.3. The highest BCUT2D eigenvalue weighted by atomic mass is 16.5. The van der Waals surface area contributed by atoms with Gasteiger partial charge in [0.2, 0.25) is 0 Å². The van der Waals surface area contributed by atoms with Crippen LogP contribution in [0.5, 0.6) is 0 Å². The lowest BCUT2D eigenvalue weighted by atomic mass is 9.79. The van der Waals surface area contributed by atoms with Gasteiger partial charge in [0.15, 0.2) is 0 Å². The Morgan fingerprint density at radius 2 is 1.95 bits per heavy atom. The highest BCUT2D eigenvalue weighted by molar-refractivity contribution is 5.71. The molecule has 2 N–H and O–H groups in total. The fourth-order valence-electron chi connectivity index (χ4n) is 3.10. The molecule has 2 atom stereocenters. The number of aliphatic carboxylic acids is 1. The summed E-state index contributed by atoms with van der Waals surface area (Å²) < 4.78 is 4.59. The highest BCUT2D eigenvalue weighted by Gasteiger charge is 2.39. The first-order valence-electron chi connectivity index (χ1n) is 6.81. The Bertz CT molecular complexity index is 355. The Kier molecular flexibility index (Phi) is 4.29. The van der Waals surface area contributed by atoms with E-state index >= 15 is 0 Å². The van der Waals surface area contributed by atoms with Crippen LogP contribution in [-0.4, -0.2) is 54.4 Å². The van der Waals surface area contributed by atoms with Crippen molar-refractivity contribution in [2.75, 3.05) is 20.2 Å². The molecule has 6 nitrogen and oxygen atoms in total. The van der Waals surface area contributed by atoms with Crippen molar-refractivity contribution in [3.8, 4) is 0 Å². The van der Waals surface area contributed by atoms with Gasteiger partial charge in [-0.15, -0.1) is 0 Å². The van der Waals surface area contributed by atoms with Crippen LogP contribution in [0.2, 0.25) is 0 Å². The zero-order chi connectivity index (χ0) is 14.0. The summed E-state index contributed by atoms with van der Waals surface area (Å²) in [7, 11) is 1.32. The topological polar surface area (TPSA) is 78.9 Å². The summed E-state index contributed by atoms with van der Waals surface area (Å²) in [5.41, 5.74) is 0. The molecule has 1 saturated heterocycles. The minimum atomic E-state index is -0.784. The Morgan fingerprint density at radius 3 is 2.47 bits per heavy atom. The van der Waals surface area contributed by atoms with Gasteiger partial charge in [-0.1, -0.05) is 6.92 Å². The highest BCUT2D eigenvalue weighted by Crippen LogP contribution is 2.33. The summed E-state index contributed by atoms with van der Waals surface area (Å²) in [6, 6.07) is 0.331. The number of alkyl carbamates (subject to hydrolysis) is 1. The Balaban J connectivity index is 1.96. The average molecular weight is 270 g/mol. The smallest absolute Gasteiger partial charge is 0.407 e. The van der Waals surface area contributed by atoms with Crippen LogP contribution in [-0.2, 0) is 9.53 Å². The monoisotopic (exact) mass is 270 g/mol. The number of piperidine rings is 1. The molecule has 0 bridgehead atoms. The van der Waals surface area contributed by atoms with Crippen molar-refractivity contribution in [1.82, 2.24) is 10.2 Å². The lowest BCUT2D eigenvalue weighted by Crippen LogP contribution is -2.57. The van der Waals surface area contributed by atoms with E-state index in [4.69, 9.17) is 0 Å². The summed E-state index contributed by atoms with van der Waals surface area (Å²) in [6.07, 6.45) is 2.23. The van der Waals surface area contributed by atoms with Crippen LogP contribution < -0.4 is 5.32 Å². The molecule has 19 heavy (non-hydrogen) atoms. The lowest BCUT2D eigenvalue weighted by Gasteiger charge is -2.46. The number of nitrogens with zero attached hydrogens (tertiary/aromatic N) is 1. The Hall–Kier alpha value is -1.30. The summed E-state index contributed by atoms with van der Waals surface area (Å²) in [5.74, 6) is -0.470. The molecule has 108 valence electrons. The molecule has 1 amide bonds. The Labute approximate surface area is 113 Å². The molecule has 2 rings (SSSR count). The number of carbonyl (C=O) groups excluding carboxylic acids is 1. The predicted octanol–water partition coefficient (Wildman–Crippen LogP) is 0.916. The van der Waals surface area contributed by atoms with Gasteiger partial charge in [0.25, 0.3) is 0 Å². The second-order valence-corrected chi connectivity index (χ2v) is 5.79. The second-order valence-electron chi connectivity index (χ2n) is 5.79. The van der Waals surface area contributed by atoms with Crippen molar-refractivity contribution >= 4 is 12.1 Å². The van der Waals surface area contributed by atoms with E-state index < -0.39 is 18.0 Å². The summed E-state index contributed by atoms with van der Waals surface area (Å²) in [6.45, 7) is 3.52. The summed E-state index contributed by atoms with van der Waals surface area (Å²) >= 11 is 0.